The van der Waals surface area contributed by atoms with Crippen LogP contribution in [0.15, 0.2) is 18.2 Å². The smallest absolute Gasteiger partial charge is 0.170 e. The lowest BCUT2D eigenvalue weighted by Gasteiger charge is -2.11. The molecule has 0 spiro atoms. The molecule has 6 heteroatoms. The number of hydrogen-bond acceptors (Lipinski definition) is 2. The molecule has 0 heterocycles. The van der Waals surface area contributed by atoms with Gasteiger partial charge in [-0.15, -0.1) is 0 Å². The van der Waals surface area contributed by atoms with E-state index in [2.05, 4.69) is 10.6 Å². The Labute approximate surface area is 117 Å². The van der Waals surface area contributed by atoms with Gasteiger partial charge in [-0.3, -0.25) is 0 Å². The van der Waals surface area contributed by atoms with Crippen molar-refractivity contribution in [3.63, 3.8) is 0 Å². The Morgan fingerprint density at radius 3 is 2.94 bits per heavy atom. The van der Waals surface area contributed by atoms with E-state index >= 15 is 0 Å². The van der Waals surface area contributed by atoms with Crippen molar-refractivity contribution >= 4 is 34.6 Å². The normalized spacial score (nSPS) is 10.2. The largest absolute Gasteiger partial charge is 0.382 e. The van der Waals surface area contributed by atoms with Gasteiger partial charge in [-0.25, -0.2) is 4.39 Å². The zero-order valence-electron chi connectivity index (χ0n) is 10.1. The molecule has 0 saturated carbocycles. The van der Waals surface area contributed by atoms with Crippen molar-refractivity contribution < 1.29 is 9.13 Å². The maximum Gasteiger partial charge on any atom is 0.170 e. The Balaban J connectivity index is 2.31. The van der Waals surface area contributed by atoms with E-state index in [1.165, 1.54) is 12.1 Å². The number of rotatable bonds is 6. The molecule has 0 saturated heterocycles. The van der Waals surface area contributed by atoms with E-state index in [1.807, 2.05) is 6.92 Å². The van der Waals surface area contributed by atoms with Crippen molar-refractivity contribution in [2.45, 2.75) is 13.3 Å². The molecule has 18 heavy (non-hydrogen) atoms. The van der Waals surface area contributed by atoms with Crippen LogP contribution < -0.4 is 10.6 Å². The summed E-state index contributed by atoms with van der Waals surface area (Å²) in [7, 11) is 0. The third-order valence-electron chi connectivity index (χ3n) is 2.13. The second-order valence-corrected chi connectivity index (χ2v) is 4.37. The summed E-state index contributed by atoms with van der Waals surface area (Å²) in [6.07, 6.45) is 0.868. The molecule has 1 aromatic carbocycles. The van der Waals surface area contributed by atoms with Crippen LogP contribution in [0.4, 0.5) is 10.1 Å². The molecule has 1 rings (SSSR count). The Morgan fingerprint density at radius 1 is 1.50 bits per heavy atom. The van der Waals surface area contributed by atoms with Gasteiger partial charge in [0.25, 0.3) is 0 Å². The number of halogens is 2. The van der Waals surface area contributed by atoms with Crippen LogP contribution in [-0.4, -0.2) is 24.9 Å². The van der Waals surface area contributed by atoms with E-state index < -0.39 is 0 Å². The number of hydrogen-bond donors (Lipinski definition) is 2. The van der Waals surface area contributed by atoms with Crippen LogP contribution >= 0.6 is 23.8 Å². The fourth-order valence-corrected chi connectivity index (χ4v) is 1.70. The first-order valence-corrected chi connectivity index (χ1v) is 6.49. The summed E-state index contributed by atoms with van der Waals surface area (Å²) < 4.78 is 18.0. The van der Waals surface area contributed by atoms with Crippen molar-refractivity contribution in [2.24, 2.45) is 0 Å². The molecular formula is C12H16ClFN2OS. The van der Waals surface area contributed by atoms with E-state index in [0.29, 0.717) is 35.6 Å². The molecule has 0 unspecified atom stereocenters. The highest BCUT2D eigenvalue weighted by atomic mass is 35.5. The summed E-state index contributed by atoms with van der Waals surface area (Å²) in [5.41, 5.74) is 0.584. The van der Waals surface area contributed by atoms with Gasteiger partial charge >= 0.3 is 0 Å². The molecule has 100 valence electrons. The van der Waals surface area contributed by atoms with Crippen LogP contribution in [0.5, 0.6) is 0 Å². The Morgan fingerprint density at radius 2 is 2.28 bits per heavy atom. The first kappa shape index (κ1) is 15.1. The van der Waals surface area contributed by atoms with Crippen molar-refractivity contribution in [3.8, 4) is 0 Å². The molecule has 1 aromatic rings. The second kappa shape index (κ2) is 8.24. The topological polar surface area (TPSA) is 33.3 Å². The van der Waals surface area contributed by atoms with Gasteiger partial charge in [0.2, 0.25) is 0 Å². The van der Waals surface area contributed by atoms with Crippen molar-refractivity contribution in [2.75, 3.05) is 25.1 Å². The minimum atomic E-state index is -0.374. The first-order chi connectivity index (χ1) is 8.63. The lowest BCUT2D eigenvalue weighted by Crippen LogP contribution is -2.29. The number of anilines is 1. The predicted octanol–water partition coefficient (Wildman–Crippen LogP) is 3.19. The fraction of sp³-hybridized carbons (Fsp3) is 0.417. The highest BCUT2D eigenvalue weighted by Gasteiger charge is 2.03. The quantitative estimate of drug-likeness (QED) is 0.623. The number of ether oxygens (including phenoxy) is 1. The Hall–Kier alpha value is -0.910. The molecule has 2 N–H and O–H groups in total. The summed E-state index contributed by atoms with van der Waals surface area (Å²) >= 11 is 11.0. The molecule has 0 aliphatic heterocycles. The monoisotopic (exact) mass is 290 g/mol. The minimum Gasteiger partial charge on any atom is -0.382 e. The van der Waals surface area contributed by atoms with Crippen LogP contribution in [0, 0.1) is 5.82 Å². The van der Waals surface area contributed by atoms with Gasteiger partial charge in [0.1, 0.15) is 5.82 Å². The highest BCUT2D eigenvalue weighted by Crippen LogP contribution is 2.22. The number of nitrogens with one attached hydrogen (secondary N) is 2. The van der Waals surface area contributed by atoms with Crippen LogP contribution in [0.2, 0.25) is 5.02 Å². The van der Waals surface area contributed by atoms with Gasteiger partial charge in [0.05, 0.1) is 10.7 Å². The van der Waals surface area contributed by atoms with Gasteiger partial charge < -0.3 is 15.4 Å². The van der Waals surface area contributed by atoms with Crippen molar-refractivity contribution in [1.82, 2.24) is 5.32 Å². The van der Waals surface area contributed by atoms with Gasteiger partial charge in [0.15, 0.2) is 5.11 Å². The average molecular weight is 291 g/mol. The van der Waals surface area contributed by atoms with Crippen LogP contribution in [0.1, 0.15) is 13.3 Å². The van der Waals surface area contributed by atoms with E-state index in [4.69, 9.17) is 28.6 Å². The van der Waals surface area contributed by atoms with E-state index in [-0.39, 0.29) is 5.82 Å². The number of benzene rings is 1. The molecule has 0 amide bonds. The Kier molecular flexibility index (Phi) is 6.93. The zero-order chi connectivity index (χ0) is 13.4. The molecular weight excluding hydrogens is 275 g/mol. The van der Waals surface area contributed by atoms with Gasteiger partial charge in [-0.05, 0) is 43.8 Å². The van der Waals surface area contributed by atoms with Crippen molar-refractivity contribution in [3.05, 3.63) is 29.0 Å². The zero-order valence-corrected chi connectivity index (χ0v) is 11.7. The molecule has 0 fully saturated rings. The third kappa shape index (κ3) is 5.62. The summed E-state index contributed by atoms with van der Waals surface area (Å²) in [5.74, 6) is -0.374. The van der Waals surface area contributed by atoms with Gasteiger partial charge in [-0.1, -0.05) is 11.6 Å². The average Bonchev–Trinajstić information content (AvgIpc) is 2.32. The fourth-order valence-electron chi connectivity index (χ4n) is 1.28. The Bertz CT molecular complexity index is 404. The standard InChI is InChI=1S/C12H16ClFN2OS/c1-2-17-7-3-6-15-12(18)16-11-5-4-9(14)8-10(11)13/h4-5,8H,2-3,6-7H2,1H3,(H2,15,16,18). The third-order valence-corrected chi connectivity index (χ3v) is 2.69. The summed E-state index contributed by atoms with van der Waals surface area (Å²) in [6.45, 7) is 4.08. The van der Waals surface area contributed by atoms with Gasteiger partial charge in [0, 0.05) is 19.8 Å². The molecule has 0 aliphatic carbocycles. The molecule has 0 aromatic heterocycles. The summed E-state index contributed by atoms with van der Waals surface area (Å²) in [6, 6.07) is 4.11. The highest BCUT2D eigenvalue weighted by molar-refractivity contribution is 7.80. The SMILES string of the molecule is CCOCCCNC(=S)Nc1ccc(F)cc1Cl. The maximum absolute atomic E-state index is 12.8. The van der Waals surface area contributed by atoms with Crippen LogP contribution in [-0.2, 0) is 4.74 Å². The predicted molar refractivity (Wildman–Crippen MR) is 76.7 cm³/mol. The van der Waals surface area contributed by atoms with E-state index in [9.17, 15) is 4.39 Å². The van der Waals surface area contributed by atoms with Crippen molar-refractivity contribution in [1.29, 1.82) is 0 Å². The van der Waals surface area contributed by atoms with Gasteiger partial charge in [-0.2, -0.15) is 0 Å². The number of thiocarbonyl (C=S) groups is 1. The molecule has 3 nitrogen and oxygen atoms in total. The minimum absolute atomic E-state index is 0.300. The second-order valence-electron chi connectivity index (χ2n) is 3.56. The maximum atomic E-state index is 12.8. The molecule has 0 bridgehead atoms. The lowest BCUT2D eigenvalue weighted by molar-refractivity contribution is 0.146. The summed E-state index contributed by atoms with van der Waals surface area (Å²) in [4.78, 5) is 0. The lowest BCUT2D eigenvalue weighted by atomic mass is 10.3. The van der Waals surface area contributed by atoms with Crippen LogP contribution in [0.25, 0.3) is 0 Å². The molecule has 0 aliphatic rings. The van der Waals surface area contributed by atoms with E-state index in [1.54, 1.807) is 6.07 Å². The van der Waals surface area contributed by atoms with Crippen LogP contribution in [0.3, 0.4) is 0 Å². The summed E-state index contributed by atoms with van der Waals surface area (Å²) in [5, 5.41) is 6.69. The first-order valence-electron chi connectivity index (χ1n) is 5.71. The van der Waals surface area contributed by atoms with E-state index in [0.717, 1.165) is 6.42 Å². The molecule has 0 radical (unpaired) electrons. The molecule has 0 atom stereocenters.